The van der Waals surface area contributed by atoms with Gasteiger partial charge in [0.1, 0.15) is 17.7 Å². The van der Waals surface area contributed by atoms with E-state index in [4.69, 9.17) is 10.5 Å². The third kappa shape index (κ3) is 10.9. The first-order valence-corrected chi connectivity index (χ1v) is 15.0. The summed E-state index contributed by atoms with van der Waals surface area (Å²) in [4.78, 5) is 40.1. The fourth-order valence-corrected chi connectivity index (χ4v) is 4.97. The number of nitrogens with one attached hydrogen (secondary N) is 2. The highest BCUT2D eigenvalue weighted by Crippen LogP contribution is 2.18. The number of aryl methyl sites for hydroxylation is 1. The molecule has 0 fully saturated rings. The summed E-state index contributed by atoms with van der Waals surface area (Å²) >= 11 is 0. The molecule has 0 aliphatic rings. The van der Waals surface area contributed by atoms with Crippen LogP contribution in [0.3, 0.4) is 0 Å². The molecule has 0 bridgehead atoms. The predicted octanol–water partition coefficient (Wildman–Crippen LogP) is 5.60. The number of esters is 1. The number of ether oxygens (including phenoxy) is 2. The minimum atomic E-state index is -0.906. The summed E-state index contributed by atoms with van der Waals surface area (Å²) in [5.41, 5.74) is 9.46. The van der Waals surface area contributed by atoms with E-state index in [1.807, 2.05) is 19.9 Å². The summed E-state index contributed by atoms with van der Waals surface area (Å²) in [6.07, 6.45) is 0.140. The number of nitrogens with two attached hydrogens (primary N) is 1. The number of hydrogen-bond acceptors (Lipinski definition) is 7. The lowest BCUT2D eigenvalue weighted by molar-refractivity contribution is 0.0238. The topological polar surface area (TPSA) is 123 Å². The smallest absolute Gasteiger partial charge is 0.411 e. The minimum absolute atomic E-state index is 0.0351. The Morgan fingerprint density at radius 2 is 1.58 bits per heavy atom. The molecule has 0 spiro atoms. The van der Waals surface area contributed by atoms with Gasteiger partial charge < -0.3 is 25.4 Å². The van der Waals surface area contributed by atoms with Gasteiger partial charge >= 0.3 is 12.1 Å². The van der Waals surface area contributed by atoms with Crippen LogP contribution in [-0.4, -0.2) is 61.8 Å². The Kier molecular flexibility index (Phi) is 13.4. The van der Waals surface area contributed by atoms with Crippen molar-refractivity contribution >= 4 is 23.7 Å². The zero-order chi connectivity index (χ0) is 32.9. The van der Waals surface area contributed by atoms with Gasteiger partial charge in [-0.3, -0.25) is 10.1 Å². The third-order valence-corrected chi connectivity index (χ3v) is 7.00. The lowest BCUT2D eigenvalue weighted by Gasteiger charge is -2.25. The lowest BCUT2D eigenvalue weighted by Crippen LogP contribution is -2.46. The van der Waals surface area contributed by atoms with Crippen molar-refractivity contribution in [1.82, 2.24) is 10.2 Å². The van der Waals surface area contributed by atoms with Crippen molar-refractivity contribution in [2.75, 3.05) is 32.1 Å². The molecule has 45 heavy (non-hydrogen) atoms. The molecular formula is C34H42F2N4O5. The van der Waals surface area contributed by atoms with E-state index in [2.05, 4.69) is 15.4 Å². The molecular weight excluding hydrogens is 582 g/mol. The van der Waals surface area contributed by atoms with Gasteiger partial charge in [-0.25, -0.2) is 18.4 Å². The molecule has 0 aliphatic heterocycles. The van der Waals surface area contributed by atoms with Crippen LogP contribution in [-0.2, 0) is 22.4 Å². The summed E-state index contributed by atoms with van der Waals surface area (Å²) in [6, 6.07) is 14.3. The van der Waals surface area contributed by atoms with Crippen LogP contribution in [0.1, 0.15) is 64.1 Å². The Hall–Kier alpha value is -4.35. The molecule has 3 aromatic carbocycles. The number of hydrogen-bond donors (Lipinski definition) is 3. The molecule has 242 valence electrons. The molecule has 11 heteroatoms. The summed E-state index contributed by atoms with van der Waals surface area (Å²) in [5.74, 6) is -2.31. The van der Waals surface area contributed by atoms with Crippen LogP contribution in [0.2, 0.25) is 0 Å². The molecule has 2 atom stereocenters. The molecule has 0 saturated carbocycles. The Bertz CT molecular complexity index is 1440. The molecule has 2 unspecified atom stereocenters. The number of carbonyl (C=O) groups excluding carboxylic acids is 3. The number of amides is 2. The monoisotopic (exact) mass is 624 g/mol. The van der Waals surface area contributed by atoms with Crippen LogP contribution in [0.25, 0.3) is 0 Å². The molecule has 4 N–H and O–H groups in total. The van der Waals surface area contributed by atoms with Crippen LogP contribution < -0.4 is 16.4 Å². The van der Waals surface area contributed by atoms with Crippen LogP contribution in [0.5, 0.6) is 0 Å². The van der Waals surface area contributed by atoms with Gasteiger partial charge in [0.2, 0.25) is 0 Å². The molecule has 2 amide bonds. The van der Waals surface area contributed by atoms with Gasteiger partial charge in [0.05, 0.1) is 12.7 Å². The molecule has 0 radical (unpaired) electrons. The minimum Gasteiger partial charge on any atom is -0.456 e. The van der Waals surface area contributed by atoms with Crippen molar-refractivity contribution in [3.8, 4) is 0 Å². The quantitative estimate of drug-likeness (QED) is 0.188. The van der Waals surface area contributed by atoms with Crippen LogP contribution in [0, 0.1) is 18.6 Å². The number of halogens is 2. The van der Waals surface area contributed by atoms with Crippen LogP contribution in [0.15, 0.2) is 60.7 Å². The van der Waals surface area contributed by atoms with E-state index in [-0.39, 0.29) is 24.4 Å². The van der Waals surface area contributed by atoms with Gasteiger partial charge in [-0.05, 0) is 85.3 Å². The zero-order valence-electron chi connectivity index (χ0n) is 26.2. The molecule has 0 saturated heterocycles. The SMILES string of the molecule is CCCN(CCC)C(=O)c1cc(C)cc(C(=O)OC(CNCc2cccc(NC(=O)OC)c2)C(N)Cc2cc(F)cc(F)c2)c1. The van der Waals surface area contributed by atoms with Crippen LogP contribution >= 0.6 is 0 Å². The number of methoxy groups -OCH3 is 1. The number of carbonyl (C=O) groups is 3. The van der Waals surface area contributed by atoms with Crippen molar-refractivity contribution < 1.29 is 32.6 Å². The van der Waals surface area contributed by atoms with Gasteiger partial charge in [0.15, 0.2) is 0 Å². The Morgan fingerprint density at radius 1 is 0.911 bits per heavy atom. The van der Waals surface area contributed by atoms with Crippen molar-refractivity contribution in [2.24, 2.45) is 5.73 Å². The van der Waals surface area contributed by atoms with E-state index < -0.39 is 35.8 Å². The largest absolute Gasteiger partial charge is 0.456 e. The van der Waals surface area contributed by atoms with Gasteiger partial charge in [0.25, 0.3) is 5.91 Å². The molecule has 0 aliphatic carbocycles. The van der Waals surface area contributed by atoms with E-state index in [1.54, 1.807) is 42.2 Å². The van der Waals surface area contributed by atoms with Gasteiger partial charge in [-0.2, -0.15) is 0 Å². The second-order valence-electron chi connectivity index (χ2n) is 10.9. The molecule has 0 heterocycles. The van der Waals surface area contributed by atoms with E-state index in [0.29, 0.717) is 36.4 Å². The first kappa shape index (κ1) is 35.1. The summed E-state index contributed by atoms with van der Waals surface area (Å²) in [7, 11) is 1.27. The highest BCUT2D eigenvalue weighted by molar-refractivity contribution is 5.98. The first-order valence-electron chi connectivity index (χ1n) is 15.0. The highest BCUT2D eigenvalue weighted by atomic mass is 19.1. The second-order valence-corrected chi connectivity index (χ2v) is 10.9. The highest BCUT2D eigenvalue weighted by Gasteiger charge is 2.25. The van der Waals surface area contributed by atoms with E-state index in [0.717, 1.165) is 30.0 Å². The molecule has 0 aromatic heterocycles. The fourth-order valence-electron chi connectivity index (χ4n) is 4.97. The van der Waals surface area contributed by atoms with Crippen molar-refractivity contribution in [1.29, 1.82) is 0 Å². The number of anilines is 1. The Labute approximate surface area is 263 Å². The lowest BCUT2D eigenvalue weighted by atomic mass is 10.0. The fraction of sp³-hybridized carbons (Fsp3) is 0.382. The summed E-state index contributed by atoms with van der Waals surface area (Å²) < 4.78 is 38.3. The third-order valence-electron chi connectivity index (χ3n) is 7.00. The zero-order valence-corrected chi connectivity index (χ0v) is 26.2. The predicted molar refractivity (Wildman–Crippen MR) is 169 cm³/mol. The first-order chi connectivity index (χ1) is 21.5. The van der Waals surface area contributed by atoms with Crippen molar-refractivity contribution in [3.63, 3.8) is 0 Å². The van der Waals surface area contributed by atoms with Crippen LogP contribution in [0.4, 0.5) is 19.3 Å². The Balaban J connectivity index is 1.81. The normalized spacial score (nSPS) is 12.2. The van der Waals surface area contributed by atoms with E-state index >= 15 is 0 Å². The Morgan fingerprint density at radius 3 is 2.22 bits per heavy atom. The average Bonchev–Trinajstić information content (AvgIpc) is 2.99. The molecule has 3 rings (SSSR count). The summed E-state index contributed by atoms with van der Waals surface area (Å²) in [6.45, 7) is 7.44. The number of benzene rings is 3. The van der Waals surface area contributed by atoms with E-state index in [9.17, 15) is 23.2 Å². The maximum absolute atomic E-state index is 13.9. The maximum atomic E-state index is 13.9. The molecule has 9 nitrogen and oxygen atoms in total. The number of rotatable bonds is 15. The average molecular weight is 625 g/mol. The van der Waals surface area contributed by atoms with Gasteiger partial charge in [0, 0.05) is 49.5 Å². The standard InChI is InChI=1S/C34H42F2N4O5/c1-5-10-40(11-6-2)32(41)25-12-22(3)13-26(18-25)33(42)45-31(30(37)17-24-14-27(35)19-28(36)15-24)21-38-20-23-8-7-9-29(16-23)39-34(43)44-4/h7-9,12-16,18-19,30-31,38H,5-6,10-11,17,20-21,37H2,1-4H3,(H,39,43). The second kappa shape index (κ2) is 17.2. The van der Waals surface area contributed by atoms with Gasteiger partial charge in [-0.15, -0.1) is 0 Å². The van der Waals surface area contributed by atoms with Crippen molar-refractivity contribution in [3.05, 3.63) is 100 Å². The van der Waals surface area contributed by atoms with Crippen molar-refractivity contribution in [2.45, 2.75) is 58.7 Å². The maximum Gasteiger partial charge on any atom is 0.411 e. The summed E-state index contributed by atoms with van der Waals surface area (Å²) in [5, 5.41) is 5.82. The molecule has 3 aromatic rings. The van der Waals surface area contributed by atoms with E-state index in [1.165, 1.54) is 25.3 Å². The van der Waals surface area contributed by atoms with Gasteiger partial charge in [-0.1, -0.05) is 26.0 Å². The number of nitrogens with zero attached hydrogens (tertiary/aromatic N) is 1.